The van der Waals surface area contributed by atoms with Gasteiger partial charge in [-0.3, -0.25) is 4.79 Å². The zero-order valence-electron chi connectivity index (χ0n) is 14.7. The molecule has 0 aromatic carbocycles. The van der Waals surface area contributed by atoms with E-state index >= 15 is 0 Å². The van der Waals surface area contributed by atoms with E-state index in [0.29, 0.717) is 12.8 Å². The van der Waals surface area contributed by atoms with Gasteiger partial charge in [-0.05, 0) is 31.4 Å². The number of amides is 1. The third-order valence-electron chi connectivity index (χ3n) is 4.56. The molecule has 2 aromatic rings. The smallest absolute Gasteiger partial charge is 0.223 e. The maximum atomic E-state index is 12.7. The predicted molar refractivity (Wildman–Crippen MR) is 96.1 cm³/mol. The van der Waals surface area contributed by atoms with E-state index in [1.54, 1.807) is 17.6 Å². The van der Waals surface area contributed by atoms with Gasteiger partial charge in [0.05, 0.1) is 18.0 Å². The Kier molecular flexibility index (Phi) is 5.09. The second kappa shape index (κ2) is 7.09. The highest BCUT2D eigenvalue weighted by atomic mass is 32.1. The topological polar surface area (TPSA) is 46.3 Å². The summed E-state index contributed by atoms with van der Waals surface area (Å²) in [5.41, 5.74) is 1.17. The molecule has 3 heterocycles. The lowest BCUT2D eigenvalue weighted by Crippen LogP contribution is -2.38. The van der Waals surface area contributed by atoms with Gasteiger partial charge in [0.2, 0.25) is 5.91 Å². The van der Waals surface area contributed by atoms with Gasteiger partial charge in [-0.2, -0.15) is 0 Å². The molecule has 1 aliphatic rings. The van der Waals surface area contributed by atoms with Crippen LogP contribution < -0.4 is 0 Å². The number of piperidine rings is 1. The van der Waals surface area contributed by atoms with E-state index in [0.717, 1.165) is 42.3 Å². The molecular weight excluding hydrogens is 320 g/mol. The molecule has 0 unspecified atom stereocenters. The first-order valence-electron chi connectivity index (χ1n) is 8.73. The maximum Gasteiger partial charge on any atom is 0.223 e. The minimum Gasteiger partial charge on any atom is -0.469 e. The molecule has 3 rings (SSSR count). The third kappa shape index (κ3) is 3.89. The van der Waals surface area contributed by atoms with Crippen molar-refractivity contribution in [1.82, 2.24) is 9.88 Å². The average molecular weight is 346 g/mol. The molecule has 0 radical (unpaired) electrons. The van der Waals surface area contributed by atoms with Gasteiger partial charge in [0.15, 0.2) is 0 Å². The second-order valence-electron chi connectivity index (χ2n) is 7.50. The van der Waals surface area contributed by atoms with E-state index < -0.39 is 0 Å². The first-order valence-corrected chi connectivity index (χ1v) is 9.61. The molecule has 1 saturated heterocycles. The van der Waals surface area contributed by atoms with Gasteiger partial charge in [0.1, 0.15) is 10.8 Å². The number of furan rings is 1. The normalized spacial score (nSPS) is 18.8. The predicted octanol–water partition coefficient (Wildman–Crippen LogP) is 4.72. The molecule has 2 aromatic heterocycles. The van der Waals surface area contributed by atoms with Crippen molar-refractivity contribution in [2.75, 3.05) is 6.54 Å². The van der Waals surface area contributed by atoms with Gasteiger partial charge in [-0.15, -0.1) is 11.3 Å². The monoisotopic (exact) mass is 346 g/mol. The number of hydrogen-bond donors (Lipinski definition) is 0. The van der Waals surface area contributed by atoms with E-state index in [9.17, 15) is 4.79 Å². The van der Waals surface area contributed by atoms with Crippen LogP contribution in [0.3, 0.4) is 0 Å². The number of likely N-dealkylation sites (tertiary alicyclic amines) is 1. The van der Waals surface area contributed by atoms with Gasteiger partial charge < -0.3 is 9.32 Å². The van der Waals surface area contributed by atoms with Crippen LogP contribution in [0.4, 0.5) is 0 Å². The lowest BCUT2D eigenvalue weighted by molar-refractivity contribution is -0.135. The second-order valence-corrected chi connectivity index (χ2v) is 8.39. The van der Waals surface area contributed by atoms with E-state index in [1.807, 2.05) is 17.0 Å². The van der Waals surface area contributed by atoms with Crippen molar-refractivity contribution in [3.05, 3.63) is 40.2 Å². The number of carbonyl (C=O) groups excluding carboxylic acids is 1. The highest BCUT2D eigenvalue weighted by Gasteiger charge is 2.31. The summed E-state index contributed by atoms with van der Waals surface area (Å²) in [6, 6.07) is 3.94. The van der Waals surface area contributed by atoms with Crippen LogP contribution in [0.5, 0.6) is 0 Å². The van der Waals surface area contributed by atoms with Crippen molar-refractivity contribution in [2.45, 2.75) is 64.3 Å². The number of aryl methyl sites for hydroxylation is 1. The molecule has 1 amide bonds. The Balaban J connectivity index is 1.70. The fraction of sp³-hybridized carbons (Fsp3) is 0.579. The Morgan fingerprint density at radius 3 is 2.92 bits per heavy atom. The summed E-state index contributed by atoms with van der Waals surface area (Å²) in [5, 5.41) is 3.24. The van der Waals surface area contributed by atoms with Crippen LogP contribution in [0.15, 0.2) is 28.2 Å². The number of thiazole rings is 1. The fourth-order valence-corrected chi connectivity index (χ4v) is 4.29. The molecule has 1 atom stereocenters. The van der Waals surface area contributed by atoms with Crippen molar-refractivity contribution < 1.29 is 9.21 Å². The van der Waals surface area contributed by atoms with Crippen LogP contribution in [0.2, 0.25) is 0 Å². The maximum absolute atomic E-state index is 12.7. The zero-order chi connectivity index (χ0) is 17.2. The molecule has 0 aliphatic carbocycles. The van der Waals surface area contributed by atoms with Crippen LogP contribution in [-0.4, -0.2) is 22.3 Å². The summed E-state index contributed by atoms with van der Waals surface area (Å²) in [7, 11) is 0. The number of hydrogen-bond acceptors (Lipinski definition) is 4. The molecule has 0 bridgehead atoms. The van der Waals surface area contributed by atoms with Crippen molar-refractivity contribution in [1.29, 1.82) is 0 Å². The number of rotatable bonds is 4. The van der Waals surface area contributed by atoms with E-state index in [4.69, 9.17) is 9.40 Å². The SMILES string of the molecule is CC(C)(C)c1csc([C@H]2CCCCN2C(=O)CCc2ccco2)n1. The molecule has 0 N–H and O–H groups in total. The van der Waals surface area contributed by atoms with Crippen LogP contribution in [0, 0.1) is 0 Å². The van der Waals surface area contributed by atoms with Crippen LogP contribution >= 0.6 is 11.3 Å². The Morgan fingerprint density at radius 2 is 2.25 bits per heavy atom. The van der Waals surface area contributed by atoms with Crippen LogP contribution in [0.25, 0.3) is 0 Å². The summed E-state index contributed by atoms with van der Waals surface area (Å²) in [4.78, 5) is 19.6. The molecule has 0 saturated carbocycles. The van der Waals surface area contributed by atoms with Crippen molar-refractivity contribution >= 4 is 17.2 Å². The van der Waals surface area contributed by atoms with Gasteiger partial charge in [0, 0.05) is 30.2 Å². The average Bonchev–Trinajstić information content (AvgIpc) is 3.23. The lowest BCUT2D eigenvalue weighted by atomic mass is 9.93. The molecule has 4 nitrogen and oxygen atoms in total. The first-order chi connectivity index (χ1) is 11.4. The standard InChI is InChI=1S/C19H26N2O2S/c1-19(2,3)16-13-24-18(20-16)15-8-4-5-11-21(15)17(22)10-9-14-7-6-12-23-14/h6-7,12-13,15H,4-5,8-11H2,1-3H3/t15-/m1/s1. The summed E-state index contributed by atoms with van der Waals surface area (Å²) in [6.45, 7) is 7.38. The summed E-state index contributed by atoms with van der Waals surface area (Å²) in [6.07, 6.45) is 6.09. The molecule has 130 valence electrons. The number of nitrogens with zero attached hydrogens (tertiary/aromatic N) is 2. The molecule has 1 aliphatic heterocycles. The molecule has 24 heavy (non-hydrogen) atoms. The molecule has 1 fully saturated rings. The Morgan fingerprint density at radius 1 is 1.42 bits per heavy atom. The van der Waals surface area contributed by atoms with Crippen molar-refractivity contribution in [3.63, 3.8) is 0 Å². The summed E-state index contributed by atoms with van der Waals surface area (Å²) < 4.78 is 5.34. The Labute approximate surface area is 147 Å². The highest BCUT2D eigenvalue weighted by molar-refractivity contribution is 7.09. The van der Waals surface area contributed by atoms with Gasteiger partial charge >= 0.3 is 0 Å². The Hall–Kier alpha value is -1.62. The van der Waals surface area contributed by atoms with Gasteiger partial charge in [0.25, 0.3) is 0 Å². The van der Waals surface area contributed by atoms with Crippen molar-refractivity contribution in [3.8, 4) is 0 Å². The highest BCUT2D eigenvalue weighted by Crippen LogP contribution is 2.35. The van der Waals surface area contributed by atoms with Crippen LogP contribution in [-0.2, 0) is 16.6 Å². The largest absolute Gasteiger partial charge is 0.469 e. The minimum absolute atomic E-state index is 0.0531. The third-order valence-corrected chi connectivity index (χ3v) is 5.51. The van der Waals surface area contributed by atoms with E-state index in [2.05, 4.69) is 26.2 Å². The van der Waals surface area contributed by atoms with Gasteiger partial charge in [-0.25, -0.2) is 4.98 Å². The summed E-state index contributed by atoms with van der Waals surface area (Å²) in [5.74, 6) is 1.09. The van der Waals surface area contributed by atoms with Gasteiger partial charge in [-0.1, -0.05) is 20.8 Å². The quantitative estimate of drug-likeness (QED) is 0.805. The Bertz CT molecular complexity index is 670. The fourth-order valence-electron chi connectivity index (χ4n) is 3.10. The molecular formula is C19H26N2O2S. The first kappa shape index (κ1) is 17.2. The van der Waals surface area contributed by atoms with Crippen LogP contribution in [0.1, 0.15) is 69.0 Å². The van der Waals surface area contributed by atoms with Crippen molar-refractivity contribution in [2.24, 2.45) is 0 Å². The number of aromatic nitrogens is 1. The van der Waals surface area contributed by atoms with E-state index in [1.165, 1.54) is 0 Å². The number of carbonyl (C=O) groups is 1. The lowest BCUT2D eigenvalue weighted by Gasteiger charge is -2.34. The zero-order valence-corrected chi connectivity index (χ0v) is 15.6. The molecule has 0 spiro atoms. The van der Waals surface area contributed by atoms with E-state index in [-0.39, 0.29) is 17.4 Å². The molecule has 5 heteroatoms. The minimum atomic E-state index is 0.0531. The summed E-state index contributed by atoms with van der Waals surface area (Å²) >= 11 is 1.70.